The molecule has 106 valence electrons. The molecule has 0 saturated heterocycles. The summed E-state index contributed by atoms with van der Waals surface area (Å²) in [7, 11) is -4.57. The van der Waals surface area contributed by atoms with Crippen molar-refractivity contribution >= 4 is 27.2 Å². The Labute approximate surface area is 111 Å². The number of benzene rings is 1. The van der Waals surface area contributed by atoms with Crippen LogP contribution in [-0.4, -0.2) is 26.1 Å². The van der Waals surface area contributed by atoms with E-state index in [1.807, 2.05) is 0 Å². The molecular formula is C9H8F4N2O2S2. The number of rotatable bonds is 4. The number of hydrogen-bond donors (Lipinski definition) is 2. The van der Waals surface area contributed by atoms with Gasteiger partial charge in [-0.15, -0.1) is 0 Å². The van der Waals surface area contributed by atoms with E-state index in [2.05, 4.69) is 12.2 Å². The molecule has 0 aliphatic rings. The van der Waals surface area contributed by atoms with E-state index >= 15 is 0 Å². The first-order valence-corrected chi connectivity index (χ1v) is 6.58. The van der Waals surface area contributed by atoms with E-state index < -0.39 is 44.0 Å². The van der Waals surface area contributed by atoms with Gasteiger partial charge in [-0.1, -0.05) is 18.3 Å². The zero-order chi connectivity index (χ0) is 14.8. The summed E-state index contributed by atoms with van der Waals surface area (Å²) in [6.07, 6.45) is -4.73. The van der Waals surface area contributed by atoms with Gasteiger partial charge < -0.3 is 5.73 Å². The monoisotopic (exact) mass is 316 g/mol. The van der Waals surface area contributed by atoms with Crippen molar-refractivity contribution in [1.82, 2.24) is 4.72 Å². The Morgan fingerprint density at radius 2 is 1.95 bits per heavy atom. The van der Waals surface area contributed by atoms with Crippen LogP contribution in [0.2, 0.25) is 0 Å². The van der Waals surface area contributed by atoms with E-state index in [-0.39, 0.29) is 0 Å². The largest absolute Gasteiger partial charge is 0.402 e. The molecule has 0 saturated carbocycles. The van der Waals surface area contributed by atoms with Crippen LogP contribution in [0.5, 0.6) is 0 Å². The van der Waals surface area contributed by atoms with Crippen LogP contribution in [0.1, 0.15) is 5.56 Å². The zero-order valence-corrected chi connectivity index (χ0v) is 10.8. The van der Waals surface area contributed by atoms with Gasteiger partial charge in [0.05, 0.1) is 10.5 Å². The van der Waals surface area contributed by atoms with Crippen LogP contribution in [-0.2, 0) is 10.0 Å². The van der Waals surface area contributed by atoms with Gasteiger partial charge in [0.25, 0.3) is 0 Å². The zero-order valence-electron chi connectivity index (χ0n) is 9.16. The standard InChI is InChI=1S/C9H8F4N2O2S2/c10-5-2-1-3-6(7(5)8(14)18)19(16,17)15-4-9(11,12)13/h1-3,15H,4H2,(H2,14,18). The molecule has 0 aliphatic heterocycles. The average Bonchev–Trinajstić information content (AvgIpc) is 2.25. The van der Waals surface area contributed by atoms with Gasteiger partial charge >= 0.3 is 6.18 Å². The van der Waals surface area contributed by atoms with Crippen molar-refractivity contribution in [3.8, 4) is 0 Å². The van der Waals surface area contributed by atoms with Crippen molar-refractivity contribution < 1.29 is 26.0 Å². The maximum atomic E-state index is 13.4. The Morgan fingerprint density at radius 1 is 1.37 bits per heavy atom. The highest BCUT2D eigenvalue weighted by molar-refractivity contribution is 7.89. The number of nitrogens with two attached hydrogens (primary N) is 1. The minimum absolute atomic E-state index is 0.564. The molecule has 0 heterocycles. The molecule has 0 spiro atoms. The molecule has 0 aliphatic carbocycles. The number of sulfonamides is 1. The molecule has 0 aromatic heterocycles. The number of hydrogen-bond acceptors (Lipinski definition) is 3. The van der Waals surface area contributed by atoms with Crippen LogP contribution >= 0.6 is 12.2 Å². The highest BCUT2D eigenvalue weighted by Gasteiger charge is 2.31. The Kier molecular flexibility index (Phi) is 4.48. The molecule has 10 heteroatoms. The Hall–Kier alpha value is -1.26. The lowest BCUT2D eigenvalue weighted by atomic mass is 10.2. The van der Waals surface area contributed by atoms with Crippen LogP contribution in [0.25, 0.3) is 0 Å². The molecule has 19 heavy (non-hydrogen) atoms. The second-order valence-electron chi connectivity index (χ2n) is 3.42. The third-order valence-corrected chi connectivity index (χ3v) is 3.62. The topological polar surface area (TPSA) is 72.2 Å². The lowest BCUT2D eigenvalue weighted by molar-refractivity contribution is -0.121. The summed E-state index contributed by atoms with van der Waals surface area (Å²) in [5.41, 5.74) is 4.55. The summed E-state index contributed by atoms with van der Waals surface area (Å²) >= 11 is 4.49. The van der Waals surface area contributed by atoms with Gasteiger partial charge in [0.2, 0.25) is 10.0 Å². The summed E-state index contributed by atoms with van der Waals surface area (Å²) in [5.74, 6) is -1.03. The van der Waals surface area contributed by atoms with Gasteiger partial charge in [0, 0.05) is 0 Å². The van der Waals surface area contributed by atoms with Gasteiger partial charge in [0.1, 0.15) is 17.4 Å². The van der Waals surface area contributed by atoms with Crippen LogP contribution < -0.4 is 10.5 Å². The molecule has 0 atom stereocenters. The van der Waals surface area contributed by atoms with Crippen molar-refractivity contribution in [2.75, 3.05) is 6.54 Å². The number of thiocarbonyl (C=S) groups is 1. The molecule has 0 fully saturated rings. The maximum Gasteiger partial charge on any atom is 0.402 e. The minimum Gasteiger partial charge on any atom is -0.389 e. The first-order valence-electron chi connectivity index (χ1n) is 4.69. The molecule has 1 rings (SSSR count). The molecule has 1 aromatic carbocycles. The van der Waals surface area contributed by atoms with Crippen LogP contribution in [0.15, 0.2) is 23.1 Å². The summed E-state index contributed by atoms with van der Waals surface area (Å²) < 4.78 is 74.0. The summed E-state index contributed by atoms with van der Waals surface area (Å²) in [5, 5.41) is 0. The van der Waals surface area contributed by atoms with Gasteiger partial charge in [0.15, 0.2) is 0 Å². The lowest BCUT2D eigenvalue weighted by Crippen LogP contribution is -2.35. The molecule has 3 N–H and O–H groups in total. The first kappa shape index (κ1) is 15.8. The molecule has 1 aromatic rings. The lowest BCUT2D eigenvalue weighted by Gasteiger charge is -2.12. The van der Waals surface area contributed by atoms with Crippen molar-refractivity contribution in [2.45, 2.75) is 11.1 Å². The predicted molar refractivity (Wildman–Crippen MR) is 63.5 cm³/mol. The van der Waals surface area contributed by atoms with E-state index in [0.717, 1.165) is 18.2 Å². The van der Waals surface area contributed by atoms with Crippen molar-refractivity contribution in [3.63, 3.8) is 0 Å². The van der Waals surface area contributed by atoms with E-state index in [0.29, 0.717) is 0 Å². The van der Waals surface area contributed by atoms with Crippen molar-refractivity contribution in [3.05, 3.63) is 29.6 Å². The Morgan fingerprint density at radius 3 is 2.42 bits per heavy atom. The summed E-state index contributed by atoms with van der Waals surface area (Å²) in [6.45, 7) is -1.78. The van der Waals surface area contributed by atoms with Crippen LogP contribution in [0, 0.1) is 5.82 Å². The van der Waals surface area contributed by atoms with Gasteiger partial charge in [-0.3, -0.25) is 0 Å². The third-order valence-electron chi connectivity index (χ3n) is 1.97. The van der Waals surface area contributed by atoms with Crippen LogP contribution in [0.4, 0.5) is 17.6 Å². The molecular weight excluding hydrogens is 308 g/mol. The highest BCUT2D eigenvalue weighted by Crippen LogP contribution is 2.20. The first-order chi connectivity index (χ1) is 8.54. The van der Waals surface area contributed by atoms with E-state index in [9.17, 15) is 26.0 Å². The predicted octanol–water partition coefficient (Wildman–Crippen LogP) is 1.30. The number of alkyl halides is 3. The highest BCUT2D eigenvalue weighted by atomic mass is 32.2. The smallest absolute Gasteiger partial charge is 0.389 e. The van der Waals surface area contributed by atoms with Crippen molar-refractivity contribution in [2.24, 2.45) is 5.73 Å². The Bertz CT molecular complexity index is 599. The Balaban J connectivity index is 3.23. The van der Waals surface area contributed by atoms with Gasteiger partial charge in [-0.05, 0) is 12.1 Å². The minimum atomic E-state index is -4.73. The molecule has 4 nitrogen and oxygen atoms in total. The van der Waals surface area contributed by atoms with Gasteiger partial charge in [-0.2, -0.15) is 13.2 Å². The van der Waals surface area contributed by atoms with Crippen molar-refractivity contribution in [1.29, 1.82) is 0 Å². The average molecular weight is 316 g/mol. The van der Waals surface area contributed by atoms with Gasteiger partial charge in [-0.25, -0.2) is 17.5 Å². The normalized spacial score (nSPS) is 12.4. The number of halogens is 4. The second kappa shape index (κ2) is 5.39. The molecule has 0 unspecified atom stereocenters. The molecule has 0 amide bonds. The van der Waals surface area contributed by atoms with Crippen LogP contribution in [0.3, 0.4) is 0 Å². The molecule has 0 radical (unpaired) electrons. The maximum absolute atomic E-state index is 13.4. The quantitative estimate of drug-likeness (QED) is 0.649. The van der Waals surface area contributed by atoms with E-state index in [4.69, 9.17) is 5.73 Å². The SMILES string of the molecule is NC(=S)c1c(F)cccc1S(=O)(=O)NCC(F)(F)F. The summed E-state index contributed by atoms with van der Waals surface area (Å²) in [4.78, 5) is -1.30. The fourth-order valence-electron chi connectivity index (χ4n) is 1.22. The fourth-order valence-corrected chi connectivity index (χ4v) is 2.74. The molecule has 0 bridgehead atoms. The third kappa shape index (κ3) is 4.11. The van der Waals surface area contributed by atoms with E-state index in [1.165, 1.54) is 4.72 Å². The fraction of sp³-hybridized carbons (Fsp3) is 0.222. The number of nitrogens with one attached hydrogen (secondary N) is 1. The van der Waals surface area contributed by atoms with E-state index in [1.54, 1.807) is 0 Å². The summed E-state index contributed by atoms with van der Waals surface area (Å²) in [6, 6.07) is 2.84. The second-order valence-corrected chi connectivity index (χ2v) is 5.59.